The Bertz CT molecular complexity index is 628. The summed E-state index contributed by atoms with van der Waals surface area (Å²) in [5.41, 5.74) is 2.14. The Morgan fingerprint density at radius 1 is 1.30 bits per heavy atom. The van der Waals surface area contributed by atoms with Gasteiger partial charge in [0.1, 0.15) is 5.82 Å². The number of halogens is 1. The fourth-order valence-electron chi connectivity index (χ4n) is 1.83. The molecule has 4 nitrogen and oxygen atoms in total. The van der Waals surface area contributed by atoms with Gasteiger partial charge in [-0.15, -0.1) is 0 Å². The standard InChI is InChI=1S/C15H16BrN3O/c1-3-17-14-9-11(8-10(2)18-14)15(20)19-13-7-5-4-6-12(13)16/h4-9H,3H2,1-2H3,(H,17,18)(H,19,20). The molecule has 0 aliphatic rings. The van der Waals surface area contributed by atoms with E-state index in [9.17, 15) is 4.79 Å². The van der Waals surface area contributed by atoms with E-state index in [0.717, 1.165) is 22.4 Å². The van der Waals surface area contributed by atoms with Gasteiger partial charge in [0.2, 0.25) is 0 Å². The van der Waals surface area contributed by atoms with E-state index < -0.39 is 0 Å². The van der Waals surface area contributed by atoms with E-state index in [0.29, 0.717) is 11.4 Å². The first kappa shape index (κ1) is 14.5. The average molecular weight is 334 g/mol. The Labute approximate surface area is 126 Å². The molecule has 2 N–H and O–H groups in total. The van der Waals surface area contributed by atoms with E-state index in [4.69, 9.17) is 0 Å². The Morgan fingerprint density at radius 3 is 2.75 bits per heavy atom. The molecule has 1 aromatic carbocycles. The van der Waals surface area contributed by atoms with Crippen LogP contribution in [0.2, 0.25) is 0 Å². The van der Waals surface area contributed by atoms with Crippen LogP contribution in [-0.2, 0) is 0 Å². The van der Waals surface area contributed by atoms with E-state index >= 15 is 0 Å². The number of carbonyl (C=O) groups excluding carboxylic acids is 1. The number of hydrogen-bond donors (Lipinski definition) is 2. The maximum atomic E-state index is 12.3. The van der Waals surface area contributed by atoms with Crippen LogP contribution < -0.4 is 10.6 Å². The van der Waals surface area contributed by atoms with Gasteiger partial charge in [-0.05, 0) is 54.0 Å². The fraction of sp³-hybridized carbons (Fsp3) is 0.200. The van der Waals surface area contributed by atoms with Crippen molar-refractivity contribution in [3.63, 3.8) is 0 Å². The number of aryl methyl sites for hydroxylation is 1. The molecule has 20 heavy (non-hydrogen) atoms. The smallest absolute Gasteiger partial charge is 0.255 e. The number of anilines is 2. The molecule has 0 saturated heterocycles. The summed E-state index contributed by atoms with van der Waals surface area (Å²) in [6.45, 7) is 4.63. The number of rotatable bonds is 4. The van der Waals surface area contributed by atoms with Gasteiger partial charge in [0.05, 0.1) is 5.69 Å². The molecule has 0 aliphatic carbocycles. The lowest BCUT2D eigenvalue weighted by molar-refractivity contribution is 0.102. The normalized spacial score (nSPS) is 10.2. The van der Waals surface area contributed by atoms with Gasteiger partial charge in [-0.25, -0.2) is 4.98 Å². The highest BCUT2D eigenvalue weighted by molar-refractivity contribution is 9.10. The molecule has 0 spiro atoms. The lowest BCUT2D eigenvalue weighted by Crippen LogP contribution is -2.13. The summed E-state index contributed by atoms with van der Waals surface area (Å²) in [5.74, 6) is 0.561. The van der Waals surface area contributed by atoms with Crippen molar-refractivity contribution in [2.45, 2.75) is 13.8 Å². The largest absolute Gasteiger partial charge is 0.370 e. The molecule has 1 heterocycles. The molecule has 0 fully saturated rings. The highest BCUT2D eigenvalue weighted by atomic mass is 79.9. The topological polar surface area (TPSA) is 54.0 Å². The number of pyridine rings is 1. The van der Waals surface area contributed by atoms with Gasteiger partial charge in [0.15, 0.2) is 0 Å². The Balaban J connectivity index is 2.23. The second-order valence-corrected chi connectivity index (χ2v) is 5.20. The van der Waals surface area contributed by atoms with Gasteiger partial charge < -0.3 is 10.6 Å². The van der Waals surface area contributed by atoms with Crippen molar-refractivity contribution < 1.29 is 4.79 Å². The molecule has 0 unspecified atom stereocenters. The van der Waals surface area contributed by atoms with Crippen LogP contribution in [0.5, 0.6) is 0 Å². The number of hydrogen-bond acceptors (Lipinski definition) is 3. The van der Waals surface area contributed by atoms with Crippen LogP contribution in [0.15, 0.2) is 40.9 Å². The average Bonchev–Trinajstić information content (AvgIpc) is 2.41. The first-order valence-corrected chi connectivity index (χ1v) is 7.18. The summed E-state index contributed by atoms with van der Waals surface area (Å²) < 4.78 is 0.853. The summed E-state index contributed by atoms with van der Waals surface area (Å²) in [5, 5.41) is 6.00. The highest BCUT2D eigenvalue weighted by Gasteiger charge is 2.10. The van der Waals surface area contributed by atoms with Crippen molar-refractivity contribution >= 4 is 33.3 Å². The van der Waals surface area contributed by atoms with Crippen molar-refractivity contribution in [1.29, 1.82) is 0 Å². The Morgan fingerprint density at radius 2 is 2.05 bits per heavy atom. The van der Waals surface area contributed by atoms with Gasteiger partial charge in [-0.2, -0.15) is 0 Å². The SMILES string of the molecule is CCNc1cc(C(=O)Nc2ccccc2Br)cc(C)n1. The summed E-state index contributed by atoms with van der Waals surface area (Å²) in [6.07, 6.45) is 0. The van der Waals surface area contributed by atoms with E-state index in [2.05, 4.69) is 31.5 Å². The molecule has 2 aromatic rings. The molecule has 1 aromatic heterocycles. The maximum Gasteiger partial charge on any atom is 0.255 e. The lowest BCUT2D eigenvalue weighted by atomic mass is 10.2. The van der Waals surface area contributed by atoms with Gasteiger partial charge in [-0.3, -0.25) is 4.79 Å². The van der Waals surface area contributed by atoms with Crippen LogP contribution in [0.4, 0.5) is 11.5 Å². The third-order valence-electron chi connectivity index (χ3n) is 2.70. The Hall–Kier alpha value is -1.88. The van der Waals surface area contributed by atoms with Crippen molar-refractivity contribution in [1.82, 2.24) is 4.98 Å². The number of para-hydroxylation sites is 1. The molecular weight excluding hydrogens is 318 g/mol. The van der Waals surface area contributed by atoms with Crippen molar-refractivity contribution in [2.75, 3.05) is 17.2 Å². The molecule has 0 atom stereocenters. The Kier molecular flexibility index (Phi) is 4.74. The second-order valence-electron chi connectivity index (χ2n) is 4.35. The first-order chi connectivity index (χ1) is 9.60. The van der Waals surface area contributed by atoms with Gasteiger partial charge in [-0.1, -0.05) is 12.1 Å². The molecule has 104 valence electrons. The third kappa shape index (κ3) is 3.57. The number of carbonyl (C=O) groups is 1. The third-order valence-corrected chi connectivity index (χ3v) is 3.39. The number of nitrogens with zero attached hydrogens (tertiary/aromatic N) is 1. The zero-order valence-electron chi connectivity index (χ0n) is 11.4. The van der Waals surface area contributed by atoms with Gasteiger partial charge in [0.25, 0.3) is 5.91 Å². The molecule has 0 aliphatic heterocycles. The second kappa shape index (κ2) is 6.52. The number of aromatic nitrogens is 1. The van der Waals surface area contributed by atoms with E-state index in [1.807, 2.05) is 38.1 Å². The first-order valence-electron chi connectivity index (χ1n) is 6.38. The summed E-state index contributed by atoms with van der Waals surface area (Å²) in [7, 11) is 0. The summed E-state index contributed by atoms with van der Waals surface area (Å²) in [4.78, 5) is 16.6. The van der Waals surface area contributed by atoms with Crippen LogP contribution in [0.1, 0.15) is 23.0 Å². The predicted molar refractivity (Wildman–Crippen MR) is 85.2 cm³/mol. The molecule has 0 saturated carbocycles. The molecular formula is C15H16BrN3O. The molecule has 1 amide bonds. The van der Waals surface area contributed by atoms with E-state index in [1.54, 1.807) is 12.1 Å². The van der Waals surface area contributed by atoms with Crippen LogP contribution in [-0.4, -0.2) is 17.4 Å². The molecule has 2 rings (SSSR count). The zero-order chi connectivity index (χ0) is 14.5. The zero-order valence-corrected chi connectivity index (χ0v) is 13.0. The molecule has 0 radical (unpaired) electrons. The monoisotopic (exact) mass is 333 g/mol. The minimum absolute atomic E-state index is 0.151. The van der Waals surface area contributed by atoms with Gasteiger partial charge in [0, 0.05) is 22.3 Å². The van der Waals surface area contributed by atoms with Crippen LogP contribution in [0, 0.1) is 6.92 Å². The maximum absolute atomic E-state index is 12.3. The summed E-state index contributed by atoms with van der Waals surface area (Å²) in [6, 6.07) is 11.0. The fourth-order valence-corrected chi connectivity index (χ4v) is 2.21. The lowest BCUT2D eigenvalue weighted by Gasteiger charge is -2.09. The van der Waals surface area contributed by atoms with E-state index in [1.165, 1.54) is 0 Å². The van der Waals surface area contributed by atoms with Crippen LogP contribution >= 0.6 is 15.9 Å². The van der Waals surface area contributed by atoms with Crippen molar-refractivity contribution in [3.8, 4) is 0 Å². The van der Waals surface area contributed by atoms with Crippen molar-refractivity contribution in [2.24, 2.45) is 0 Å². The van der Waals surface area contributed by atoms with Crippen LogP contribution in [0.25, 0.3) is 0 Å². The predicted octanol–water partition coefficient (Wildman–Crippen LogP) is 3.84. The summed E-state index contributed by atoms with van der Waals surface area (Å²) >= 11 is 3.41. The highest BCUT2D eigenvalue weighted by Crippen LogP contribution is 2.22. The van der Waals surface area contributed by atoms with Gasteiger partial charge >= 0.3 is 0 Å². The number of nitrogens with one attached hydrogen (secondary N) is 2. The van der Waals surface area contributed by atoms with E-state index in [-0.39, 0.29) is 5.91 Å². The number of benzene rings is 1. The molecule has 0 bridgehead atoms. The van der Waals surface area contributed by atoms with Crippen LogP contribution in [0.3, 0.4) is 0 Å². The van der Waals surface area contributed by atoms with Crippen molar-refractivity contribution in [3.05, 3.63) is 52.1 Å². The molecule has 5 heteroatoms. The number of amides is 1. The minimum atomic E-state index is -0.151. The quantitative estimate of drug-likeness (QED) is 0.893. The minimum Gasteiger partial charge on any atom is -0.370 e.